The largest absolute Gasteiger partial charge is 0.364 e. The van der Waals surface area contributed by atoms with Gasteiger partial charge < -0.3 is 5.73 Å². The average molecular weight is 137 g/mol. The van der Waals surface area contributed by atoms with Crippen LogP contribution in [-0.2, 0) is 4.79 Å². The highest BCUT2D eigenvalue weighted by molar-refractivity contribution is 5.81. The molecule has 0 aliphatic rings. The lowest BCUT2D eigenvalue weighted by atomic mass is 10.2. The number of alkyl halides is 2. The van der Waals surface area contributed by atoms with Gasteiger partial charge in [-0.3, -0.25) is 4.79 Å². The minimum atomic E-state index is -3.31. The molecule has 0 saturated heterocycles. The second-order valence-electron chi connectivity index (χ2n) is 1.82. The zero-order chi connectivity index (χ0) is 7.49. The Bertz CT molecular complexity index is 114. The first-order chi connectivity index (χ1) is 4.00. The maximum Gasteiger partial charge on any atom is 0.324 e. The molecule has 0 aromatic rings. The first-order valence-electron chi connectivity index (χ1n) is 2.68. The summed E-state index contributed by atoms with van der Waals surface area (Å²) in [4.78, 5) is 9.88. The topological polar surface area (TPSA) is 43.1 Å². The van der Waals surface area contributed by atoms with Gasteiger partial charge >= 0.3 is 5.92 Å². The second kappa shape index (κ2) is 2.75. The van der Waals surface area contributed by atoms with E-state index < -0.39 is 18.3 Å². The summed E-state index contributed by atoms with van der Waals surface area (Å²) in [5, 5.41) is 0. The minimum absolute atomic E-state index is 0.260. The van der Waals surface area contributed by atoms with Crippen molar-refractivity contribution in [2.45, 2.75) is 25.7 Å². The molecule has 4 heteroatoms. The second-order valence-corrected chi connectivity index (χ2v) is 1.82. The highest BCUT2D eigenvalue weighted by atomic mass is 19.3. The number of halogens is 2. The molecule has 0 aliphatic carbocycles. The fourth-order valence-corrected chi connectivity index (χ4v) is 0.437. The third-order valence-corrected chi connectivity index (χ3v) is 0.924. The van der Waals surface area contributed by atoms with E-state index >= 15 is 0 Å². The van der Waals surface area contributed by atoms with Crippen molar-refractivity contribution in [1.82, 2.24) is 0 Å². The monoisotopic (exact) mass is 137 g/mol. The number of carbonyl (C=O) groups is 1. The summed E-state index contributed by atoms with van der Waals surface area (Å²) in [6, 6.07) is 0. The standard InChI is InChI=1S/C5H9F2NO/c1-2-3-5(6,7)4(8)9/h2-3H2,1H3,(H2,8,9). The Morgan fingerprint density at radius 1 is 1.67 bits per heavy atom. The normalized spacial score (nSPS) is 11.4. The van der Waals surface area contributed by atoms with Gasteiger partial charge in [0, 0.05) is 6.42 Å². The van der Waals surface area contributed by atoms with E-state index in [1.807, 2.05) is 0 Å². The lowest BCUT2D eigenvalue weighted by Gasteiger charge is -2.08. The lowest BCUT2D eigenvalue weighted by molar-refractivity contribution is -0.142. The van der Waals surface area contributed by atoms with Gasteiger partial charge in [-0.1, -0.05) is 6.92 Å². The summed E-state index contributed by atoms with van der Waals surface area (Å²) in [6.45, 7) is 1.57. The number of carbonyl (C=O) groups excluding carboxylic acids is 1. The van der Waals surface area contributed by atoms with E-state index in [0.29, 0.717) is 0 Å². The molecule has 1 amide bonds. The molecule has 0 atom stereocenters. The molecule has 0 spiro atoms. The molecule has 0 aliphatic heterocycles. The molecule has 0 radical (unpaired) electrons. The number of rotatable bonds is 3. The summed E-state index contributed by atoms with van der Waals surface area (Å²) >= 11 is 0. The first-order valence-corrected chi connectivity index (χ1v) is 2.68. The average Bonchev–Trinajstić information content (AvgIpc) is 1.65. The van der Waals surface area contributed by atoms with Crippen molar-refractivity contribution in [3.05, 3.63) is 0 Å². The van der Waals surface area contributed by atoms with Gasteiger partial charge in [0.2, 0.25) is 0 Å². The fourth-order valence-electron chi connectivity index (χ4n) is 0.437. The van der Waals surface area contributed by atoms with Gasteiger partial charge in [-0.2, -0.15) is 8.78 Å². The summed E-state index contributed by atoms with van der Waals surface area (Å²) < 4.78 is 24.1. The van der Waals surface area contributed by atoms with Crippen molar-refractivity contribution in [1.29, 1.82) is 0 Å². The molecule has 0 aromatic carbocycles. The first kappa shape index (κ1) is 8.33. The van der Waals surface area contributed by atoms with Crippen molar-refractivity contribution >= 4 is 5.91 Å². The van der Waals surface area contributed by atoms with Crippen LogP contribution in [0.25, 0.3) is 0 Å². The molecule has 0 bridgehead atoms. The van der Waals surface area contributed by atoms with E-state index in [0.717, 1.165) is 0 Å². The van der Waals surface area contributed by atoms with Crippen LogP contribution >= 0.6 is 0 Å². The van der Waals surface area contributed by atoms with Crippen molar-refractivity contribution < 1.29 is 13.6 Å². The highest BCUT2D eigenvalue weighted by Gasteiger charge is 2.34. The van der Waals surface area contributed by atoms with E-state index in [4.69, 9.17) is 0 Å². The Kier molecular flexibility index (Phi) is 2.55. The molecule has 0 fully saturated rings. The summed E-state index contributed by atoms with van der Waals surface area (Å²) in [5.74, 6) is -4.85. The van der Waals surface area contributed by atoms with Gasteiger partial charge in [0.1, 0.15) is 0 Å². The number of primary amides is 1. The van der Waals surface area contributed by atoms with E-state index in [1.54, 1.807) is 6.92 Å². The maximum absolute atomic E-state index is 12.1. The van der Waals surface area contributed by atoms with Gasteiger partial charge in [-0.05, 0) is 6.42 Å². The SMILES string of the molecule is CCCC(F)(F)C(N)=O. The van der Waals surface area contributed by atoms with Gasteiger partial charge in [-0.15, -0.1) is 0 Å². The van der Waals surface area contributed by atoms with Gasteiger partial charge in [0.05, 0.1) is 0 Å². The van der Waals surface area contributed by atoms with E-state index in [-0.39, 0.29) is 6.42 Å². The summed E-state index contributed by atoms with van der Waals surface area (Å²) in [7, 11) is 0. The Morgan fingerprint density at radius 3 is 2.22 bits per heavy atom. The van der Waals surface area contributed by atoms with Gasteiger partial charge in [0.15, 0.2) is 0 Å². The predicted octanol–water partition coefficient (Wildman–Crippen LogP) is 0.907. The van der Waals surface area contributed by atoms with Crippen LogP contribution in [0.3, 0.4) is 0 Å². The van der Waals surface area contributed by atoms with Crippen LogP contribution in [0.15, 0.2) is 0 Å². The minimum Gasteiger partial charge on any atom is -0.364 e. The lowest BCUT2D eigenvalue weighted by Crippen LogP contribution is -2.34. The maximum atomic E-state index is 12.1. The Labute approximate surface area is 52.0 Å². The molecule has 0 unspecified atom stereocenters. The molecule has 2 N–H and O–H groups in total. The summed E-state index contributed by atoms with van der Waals surface area (Å²) in [5.41, 5.74) is 4.37. The number of hydrogen-bond donors (Lipinski definition) is 1. The summed E-state index contributed by atoms with van der Waals surface area (Å²) in [6.07, 6.45) is -0.196. The number of amides is 1. The smallest absolute Gasteiger partial charge is 0.324 e. The van der Waals surface area contributed by atoms with Crippen LogP contribution in [-0.4, -0.2) is 11.8 Å². The third kappa shape index (κ3) is 2.39. The highest BCUT2D eigenvalue weighted by Crippen LogP contribution is 2.18. The van der Waals surface area contributed by atoms with Crippen LogP contribution in [0.1, 0.15) is 19.8 Å². The van der Waals surface area contributed by atoms with Crippen molar-refractivity contribution in [2.24, 2.45) is 5.73 Å². The predicted molar refractivity (Wildman–Crippen MR) is 29.0 cm³/mol. The number of hydrogen-bond acceptors (Lipinski definition) is 1. The molecule has 0 heterocycles. The Morgan fingerprint density at radius 2 is 2.11 bits per heavy atom. The molecule has 0 saturated carbocycles. The van der Waals surface area contributed by atoms with Crippen LogP contribution < -0.4 is 5.73 Å². The van der Waals surface area contributed by atoms with E-state index in [2.05, 4.69) is 5.73 Å². The van der Waals surface area contributed by atoms with Crippen LogP contribution in [0.4, 0.5) is 8.78 Å². The molecule has 2 nitrogen and oxygen atoms in total. The van der Waals surface area contributed by atoms with E-state index in [1.165, 1.54) is 0 Å². The fraction of sp³-hybridized carbons (Fsp3) is 0.800. The third-order valence-electron chi connectivity index (χ3n) is 0.924. The molecule has 0 rings (SSSR count). The zero-order valence-electron chi connectivity index (χ0n) is 5.16. The quantitative estimate of drug-likeness (QED) is 0.617. The van der Waals surface area contributed by atoms with Gasteiger partial charge in [-0.25, -0.2) is 0 Å². The Hall–Kier alpha value is -0.670. The van der Waals surface area contributed by atoms with Crippen LogP contribution in [0, 0.1) is 0 Å². The molecular weight excluding hydrogens is 128 g/mol. The molecular formula is C5H9F2NO. The van der Waals surface area contributed by atoms with Crippen LogP contribution in [0.5, 0.6) is 0 Å². The van der Waals surface area contributed by atoms with Gasteiger partial charge in [0.25, 0.3) is 5.91 Å². The van der Waals surface area contributed by atoms with E-state index in [9.17, 15) is 13.6 Å². The van der Waals surface area contributed by atoms with Crippen molar-refractivity contribution in [3.63, 3.8) is 0 Å². The van der Waals surface area contributed by atoms with Crippen LogP contribution in [0.2, 0.25) is 0 Å². The molecule has 9 heavy (non-hydrogen) atoms. The molecule has 54 valence electrons. The number of nitrogens with two attached hydrogens (primary N) is 1. The van der Waals surface area contributed by atoms with Crippen molar-refractivity contribution in [3.8, 4) is 0 Å². The van der Waals surface area contributed by atoms with Crippen molar-refractivity contribution in [2.75, 3.05) is 0 Å². The zero-order valence-corrected chi connectivity index (χ0v) is 5.16. The Balaban J connectivity index is 3.85. The molecule has 0 aromatic heterocycles.